The summed E-state index contributed by atoms with van der Waals surface area (Å²) in [5.41, 5.74) is 6.92. The van der Waals surface area contributed by atoms with Crippen molar-refractivity contribution in [3.8, 4) is 11.5 Å². The molecule has 0 fully saturated rings. The van der Waals surface area contributed by atoms with Crippen molar-refractivity contribution in [3.05, 3.63) is 46.2 Å². The van der Waals surface area contributed by atoms with Crippen molar-refractivity contribution in [2.24, 2.45) is 0 Å². The Kier molecular flexibility index (Phi) is 3.42. The predicted octanol–water partition coefficient (Wildman–Crippen LogP) is 3.15. The average Bonchev–Trinajstić information content (AvgIpc) is 2.89. The first-order chi connectivity index (χ1) is 10.0. The van der Waals surface area contributed by atoms with Gasteiger partial charge in [-0.25, -0.2) is 4.39 Å². The average molecular weight is 353 g/mol. The molecule has 0 spiro atoms. The SMILES string of the molecule is Nc1cc2c(cc1NC(=O)c1ccc(F)c(Br)c1)OCO2. The fraction of sp³-hybridized carbons (Fsp3) is 0.0714. The van der Waals surface area contributed by atoms with Crippen LogP contribution >= 0.6 is 15.9 Å². The molecule has 1 heterocycles. The van der Waals surface area contributed by atoms with Gasteiger partial charge in [-0.15, -0.1) is 0 Å². The highest BCUT2D eigenvalue weighted by Crippen LogP contribution is 2.38. The molecule has 21 heavy (non-hydrogen) atoms. The molecular weight excluding hydrogens is 343 g/mol. The number of nitrogens with two attached hydrogens (primary N) is 1. The van der Waals surface area contributed by atoms with Crippen LogP contribution in [-0.2, 0) is 0 Å². The zero-order valence-electron chi connectivity index (χ0n) is 10.7. The van der Waals surface area contributed by atoms with Gasteiger partial charge in [0.05, 0.1) is 15.8 Å². The maximum absolute atomic E-state index is 13.2. The van der Waals surface area contributed by atoms with Crippen LogP contribution in [0.3, 0.4) is 0 Å². The lowest BCUT2D eigenvalue weighted by Crippen LogP contribution is -2.13. The zero-order valence-corrected chi connectivity index (χ0v) is 12.2. The number of amides is 1. The summed E-state index contributed by atoms with van der Waals surface area (Å²) in [6.45, 7) is 0.122. The first-order valence-corrected chi connectivity index (χ1v) is 6.79. The van der Waals surface area contributed by atoms with Gasteiger partial charge in [0.1, 0.15) is 5.82 Å². The summed E-state index contributed by atoms with van der Waals surface area (Å²) in [5, 5.41) is 2.66. The molecule has 7 heteroatoms. The van der Waals surface area contributed by atoms with Gasteiger partial charge in [0.15, 0.2) is 11.5 Å². The van der Waals surface area contributed by atoms with Gasteiger partial charge in [0.2, 0.25) is 6.79 Å². The molecule has 3 N–H and O–H groups in total. The summed E-state index contributed by atoms with van der Waals surface area (Å²) in [4.78, 5) is 12.1. The maximum atomic E-state index is 13.2. The topological polar surface area (TPSA) is 73.6 Å². The van der Waals surface area contributed by atoms with Gasteiger partial charge in [0, 0.05) is 17.7 Å². The fourth-order valence-corrected chi connectivity index (χ4v) is 2.28. The van der Waals surface area contributed by atoms with Crippen molar-refractivity contribution in [1.29, 1.82) is 0 Å². The van der Waals surface area contributed by atoms with Gasteiger partial charge in [-0.05, 0) is 34.1 Å². The minimum absolute atomic E-state index is 0.122. The van der Waals surface area contributed by atoms with E-state index in [0.29, 0.717) is 28.4 Å². The van der Waals surface area contributed by atoms with Gasteiger partial charge in [-0.3, -0.25) is 4.79 Å². The van der Waals surface area contributed by atoms with Crippen LogP contribution in [0.25, 0.3) is 0 Å². The number of hydrogen-bond donors (Lipinski definition) is 2. The van der Waals surface area contributed by atoms with E-state index in [0.717, 1.165) is 0 Å². The fourth-order valence-electron chi connectivity index (χ4n) is 1.90. The largest absolute Gasteiger partial charge is 0.454 e. The Morgan fingerprint density at radius 3 is 2.67 bits per heavy atom. The molecule has 1 amide bonds. The Labute approximate surface area is 128 Å². The van der Waals surface area contributed by atoms with Crippen LogP contribution in [0.2, 0.25) is 0 Å². The van der Waals surface area contributed by atoms with Crippen molar-refractivity contribution in [2.45, 2.75) is 0 Å². The summed E-state index contributed by atoms with van der Waals surface area (Å²) < 4.78 is 23.8. The Morgan fingerprint density at radius 1 is 1.24 bits per heavy atom. The summed E-state index contributed by atoms with van der Waals surface area (Å²) in [6.07, 6.45) is 0. The van der Waals surface area contributed by atoms with E-state index in [1.54, 1.807) is 12.1 Å². The Bertz CT molecular complexity index is 736. The smallest absolute Gasteiger partial charge is 0.255 e. The summed E-state index contributed by atoms with van der Waals surface area (Å²) in [6, 6.07) is 7.17. The van der Waals surface area contributed by atoms with E-state index in [1.807, 2.05) is 0 Å². The van der Waals surface area contributed by atoms with Crippen LogP contribution in [0.4, 0.5) is 15.8 Å². The van der Waals surface area contributed by atoms with Gasteiger partial charge in [0.25, 0.3) is 5.91 Å². The molecule has 3 rings (SSSR count). The molecular formula is C14H10BrFN2O3. The first-order valence-electron chi connectivity index (χ1n) is 6.00. The number of anilines is 2. The van der Waals surface area contributed by atoms with Crippen LogP contribution in [0.1, 0.15) is 10.4 Å². The molecule has 1 aliphatic rings. The molecule has 0 saturated heterocycles. The maximum Gasteiger partial charge on any atom is 0.255 e. The number of carbonyl (C=O) groups is 1. The van der Waals surface area contributed by atoms with E-state index < -0.39 is 11.7 Å². The van der Waals surface area contributed by atoms with Gasteiger partial charge >= 0.3 is 0 Å². The summed E-state index contributed by atoms with van der Waals surface area (Å²) in [5.74, 6) is 0.213. The van der Waals surface area contributed by atoms with Gasteiger partial charge in [-0.1, -0.05) is 0 Å². The number of benzene rings is 2. The van der Waals surface area contributed by atoms with Crippen molar-refractivity contribution < 1.29 is 18.7 Å². The molecule has 108 valence electrons. The van der Waals surface area contributed by atoms with Crippen molar-refractivity contribution >= 4 is 33.2 Å². The van der Waals surface area contributed by atoms with Gasteiger partial charge < -0.3 is 20.5 Å². The highest BCUT2D eigenvalue weighted by Gasteiger charge is 2.18. The normalized spacial score (nSPS) is 12.3. The van der Waals surface area contributed by atoms with E-state index >= 15 is 0 Å². The van der Waals surface area contributed by atoms with Crippen LogP contribution < -0.4 is 20.5 Å². The van der Waals surface area contributed by atoms with Crippen molar-refractivity contribution in [2.75, 3.05) is 17.8 Å². The molecule has 1 aliphatic heterocycles. The zero-order chi connectivity index (χ0) is 15.0. The lowest BCUT2D eigenvalue weighted by Gasteiger charge is -2.09. The number of carbonyl (C=O) groups excluding carboxylic acids is 1. The Hall–Kier alpha value is -2.28. The molecule has 5 nitrogen and oxygen atoms in total. The third-order valence-electron chi connectivity index (χ3n) is 2.97. The number of nitrogens with one attached hydrogen (secondary N) is 1. The number of rotatable bonds is 2. The Morgan fingerprint density at radius 2 is 1.95 bits per heavy atom. The number of fused-ring (bicyclic) bond motifs is 1. The molecule has 0 bridgehead atoms. The molecule has 0 aliphatic carbocycles. The highest BCUT2D eigenvalue weighted by molar-refractivity contribution is 9.10. The second kappa shape index (κ2) is 5.25. The second-order valence-corrected chi connectivity index (χ2v) is 5.23. The minimum atomic E-state index is -0.436. The van der Waals surface area contributed by atoms with E-state index in [1.165, 1.54) is 18.2 Å². The van der Waals surface area contributed by atoms with Crippen LogP contribution in [-0.4, -0.2) is 12.7 Å². The third-order valence-corrected chi connectivity index (χ3v) is 3.58. The number of hydrogen-bond acceptors (Lipinski definition) is 4. The third kappa shape index (κ3) is 2.64. The van der Waals surface area contributed by atoms with Crippen molar-refractivity contribution in [1.82, 2.24) is 0 Å². The standard InChI is InChI=1S/C14H10BrFN2O3/c15-8-3-7(1-2-9(8)16)14(19)18-11-5-13-12(4-10(11)17)20-6-21-13/h1-5H,6,17H2,(H,18,19). The quantitative estimate of drug-likeness (QED) is 0.814. The monoisotopic (exact) mass is 352 g/mol. The second-order valence-electron chi connectivity index (χ2n) is 4.38. The predicted molar refractivity (Wildman–Crippen MR) is 79.0 cm³/mol. The van der Waals surface area contributed by atoms with E-state index in [4.69, 9.17) is 15.2 Å². The minimum Gasteiger partial charge on any atom is -0.454 e. The number of nitrogen functional groups attached to an aromatic ring is 1. The van der Waals surface area contributed by atoms with E-state index in [2.05, 4.69) is 21.2 Å². The summed E-state index contributed by atoms with van der Waals surface area (Å²) >= 11 is 3.04. The molecule has 2 aromatic carbocycles. The first kappa shape index (κ1) is 13.7. The molecule has 2 aromatic rings. The molecule has 0 aromatic heterocycles. The molecule has 0 atom stereocenters. The Balaban J connectivity index is 1.86. The number of ether oxygens (including phenoxy) is 2. The van der Waals surface area contributed by atoms with Crippen molar-refractivity contribution in [3.63, 3.8) is 0 Å². The summed E-state index contributed by atoms with van der Waals surface area (Å²) in [7, 11) is 0. The van der Waals surface area contributed by atoms with Crippen LogP contribution in [0, 0.1) is 5.82 Å². The molecule has 0 saturated carbocycles. The van der Waals surface area contributed by atoms with Crippen LogP contribution in [0.15, 0.2) is 34.8 Å². The molecule has 0 unspecified atom stereocenters. The lowest BCUT2D eigenvalue weighted by molar-refractivity contribution is 0.102. The van der Waals surface area contributed by atoms with Gasteiger partial charge in [-0.2, -0.15) is 0 Å². The lowest BCUT2D eigenvalue weighted by atomic mass is 10.2. The molecule has 0 radical (unpaired) electrons. The number of halogens is 2. The highest BCUT2D eigenvalue weighted by atomic mass is 79.9. The van der Waals surface area contributed by atoms with Crippen LogP contribution in [0.5, 0.6) is 11.5 Å². The van der Waals surface area contributed by atoms with E-state index in [-0.39, 0.29) is 11.3 Å². The van der Waals surface area contributed by atoms with E-state index in [9.17, 15) is 9.18 Å².